The van der Waals surface area contributed by atoms with Crippen molar-refractivity contribution in [2.24, 2.45) is 0 Å². The van der Waals surface area contributed by atoms with Gasteiger partial charge in [0.15, 0.2) is 5.65 Å². The maximum absolute atomic E-state index is 7.23. The van der Waals surface area contributed by atoms with Crippen LogP contribution in [0.25, 0.3) is 61.4 Å². The van der Waals surface area contributed by atoms with E-state index in [0.717, 1.165) is 61.4 Å². The first-order valence-corrected chi connectivity index (χ1v) is 15.8. The SMILES string of the molecule is CC(C)c1cccc(C(C)C)c1-n1c(-c2[c-]ccc3c2oc2ccccc23)nc2cccnc21.[2H]C([2H])([2H])c1ccc(-c2[c-]cccc2)nc1.[Ir]. The molecule has 0 aliphatic carbocycles. The molecule has 0 aliphatic heterocycles. The van der Waals surface area contributed by atoms with E-state index in [0.29, 0.717) is 11.8 Å². The van der Waals surface area contributed by atoms with E-state index in [9.17, 15) is 0 Å². The number of furan rings is 1. The Hall–Kier alpha value is -4.90. The van der Waals surface area contributed by atoms with Gasteiger partial charge < -0.3 is 14.0 Å². The van der Waals surface area contributed by atoms with Crippen LogP contribution in [0.1, 0.15) is 60.3 Å². The summed E-state index contributed by atoms with van der Waals surface area (Å²) in [7, 11) is 0. The zero-order chi connectivity index (χ0) is 35.0. The van der Waals surface area contributed by atoms with Gasteiger partial charge in [-0.05, 0) is 59.3 Å². The molecule has 8 aromatic rings. The van der Waals surface area contributed by atoms with Crippen LogP contribution in [-0.2, 0) is 20.1 Å². The predicted octanol–water partition coefficient (Wildman–Crippen LogP) is 10.9. The zero-order valence-corrected chi connectivity index (χ0v) is 29.5. The third-order valence-electron chi connectivity index (χ3n) is 8.29. The number of rotatable bonds is 5. The summed E-state index contributed by atoms with van der Waals surface area (Å²) in [6, 6.07) is 40.0. The minimum Gasteiger partial charge on any atom is -0.501 e. The molecule has 0 atom stereocenters. The van der Waals surface area contributed by atoms with E-state index in [1.165, 1.54) is 17.3 Å². The second kappa shape index (κ2) is 14.1. The first-order chi connectivity index (χ1) is 24.1. The summed E-state index contributed by atoms with van der Waals surface area (Å²) < 4.78 is 30.3. The van der Waals surface area contributed by atoms with Crippen molar-refractivity contribution in [2.75, 3.05) is 0 Å². The Kier molecular flexibility index (Phi) is 8.57. The zero-order valence-electron chi connectivity index (χ0n) is 30.2. The fourth-order valence-corrected chi connectivity index (χ4v) is 6.02. The molecule has 5 nitrogen and oxygen atoms in total. The molecule has 0 unspecified atom stereocenters. The number of para-hydroxylation sites is 2. The fraction of sp³-hybridized carbons (Fsp3) is 0.167. The molecule has 8 rings (SSSR count). The molecule has 0 amide bonds. The summed E-state index contributed by atoms with van der Waals surface area (Å²) in [6.45, 7) is 6.86. The van der Waals surface area contributed by atoms with Crippen molar-refractivity contribution in [3.05, 3.63) is 144 Å². The normalized spacial score (nSPS) is 12.4. The average Bonchev–Trinajstić information content (AvgIpc) is 3.70. The number of aryl methyl sites for hydroxylation is 1. The van der Waals surface area contributed by atoms with Crippen LogP contribution in [0.4, 0.5) is 0 Å². The molecule has 4 heterocycles. The molecule has 0 aliphatic rings. The Balaban J connectivity index is 0.000000222. The summed E-state index contributed by atoms with van der Waals surface area (Å²) in [5.74, 6) is 1.48. The predicted molar refractivity (Wildman–Crippen MR) is 192 cm³/mol. The Bertz CT molecular complexity index is 2410. The molecular weight excluding hydrogens is 769 g/mol. The molecule has 0 spiro atoms. The molecule has 0 fully saturated rings. The standard InChI is InChI=1S/C30H26N3O.C12H10N.Ir/c1-18(2)20-11-7-12-21(19(3)4)27(20)33-29(32-25-15-9-17-31-30(25)33)24-14-8-13-23-22-10-5-6-16-26(22)34-28(23)24;1-10-7-8-12(13-9-10)11-5-3-2-4-6-11;/h5-13,15-19H,1-4H3;2-5,7-9H,1H3;/q2*-1;/i;1D3;. The third-order valence-corrected chi connectivity index (χ3v) is 8.29. The van der Waals surface area contributed by atoms with Crippen molar-refractivity contribution in [1.29, 1.82) is 0 Å². The van der Waals surface area contributed by atoms with Crippen LogP contribution in [0.3, 0.4) is 0 Å². The number of benzene rings is 4. The van der Waals surface area contributed by atoms with E-state index in [1.54, 1.807) is 18.2 Å². The quantitative estimate of drug-likeness (QED) is 0.163. The maximum Gasteiger partial charge on any atom is 0.155 e. The van der Waals surface area contributed by atoms with Gasteiger partial charge in [-0.25, -0.2) is 4.98 Å². The van der Waals surface area contributed by atoms with Gasteiger partial charge in [0.05, 0.1) is 16.9 Å². The Morgan fingerprint density at radius 2 is 1.54 bits per heavy atom. The number of fused-ring (bicyclic) bond motifs is 4. The van der Waals surface area contributed by atoms with Crippen LogP contribution in [-0.4, -0.2) is 19.5 Å². The second-order valence-electron chi connectivity index (χ2n) is 12.1. The van der Waals surface area contributed by atoms with Crippen molar-refractivity contribution in [1.82, 2.24) is 19.5 Å². The summed E-state index contributed by atoms with van der Waals surface area (Å²) >= 11 is 0. The van der Waals surface area contributed by atoms with Crippen LogP contribution in [0, 0.1) is 19.0 Å². The molecule has 0 bridgehead atoms. The number of pyridine rings is 2. The van der Waals surface area contributed by atoms with E-state index in [1.807, 2.05) is 60.8 Å². The summed E-state index contributed by atoms with van der Waals surface area (Å²) in [4.78, 5) is 14.0. The summed E-state index contributed by atoms with van der Waals surface area (Å²) in [6.07, 6.45) is 3.23. The van der Waals surface area contributed by atoms with Gasteiger partial charge in [0.25, 0.3) is 0 Å². The minimum atomic E-state index is -2.09. The minimum absolute atomic E-state index is 0. The third kappa shape index (κ3) is 6.22. The van der Waals surface area contributed by atoms with Gasteiger partial charge in [-0.1, -0.05) is 87.2 Å². The number of nitrogens with zero attached hydrogens (tertiary/aromatic N) is 4. The van der Waals surface area contributed by atoms with E-state index >= 15 is 0 Å². The monoisotopic (exact) mass is 808 g/mol. The van der Waals surface area contributed by atoms with E-state index in [4.69, 9.17) is 18.5 Å². The molecule has 1 radical (unpaired) electrons. The Morgan fingerprint density at radius 1 is 0.750 bits per heavy atom. The van der Waals surface area contributed by atoms with Gasteiger partial charge in [-0.2, -0.15) is 0 Å². The van der Waals surface area contributed by atoms with E-state index in [-0.39, 0.29) is 25.7 Å². The van der Waals surface area contributed by atoms with Crippen molar-refractivity contribution in [3.63, 3.8) is 0 Å². The number of hydrogen-bond donors (Lipinski definition) is 0. The van der Waals surface area contributed by atoms with Crippen LogP contribution >= 0.6 is 0 Å². The topological polar surface area (TPSA) is 56.7 Å². The van der Waals surface area contributed by atoms with Gasteiger partial charge in [0.2, 0.25) is 0 Å². The molecule has 4 aromatic carbocycles. The number of aromatic nitrogens is 4. The van der Waals surface area contributed by atoms with Crippen LogP contribution in [0.5, 0.6) is 0 Å². The van der Waals surface area contributed by atoms with Crippen LogP contribution in [0.15, 0.2) is 120 Å². The maximum atomic E-state index is 7.23. The van der Waals surface area contributed by atoms with Gasteiger partial charge in [-0.15, -0.1) is 54.1 Å². The van der Waals surface area contributed by atoms with Crippen molar-refractivity contribution in [3.8, 4) is 28.3 Å². The van der Waals surface area contributed by atoms with Crippen LogP contribution in [0.2, 0.25) is 0 Å². The van der Waals surface area contributed by atoms with Crippen molar-refractivity contribution < 1.29 is 28.6 Å². The smallest absolute Gasteiger partial charge is 0.155 e. The summed E-state index contributed by atoms with van der Waals surface area (Å²) in [5.41, 5.74) is 9.76. The molecule has 0 N–H and O–H groups in total. The average molecular weight is 808 g/mol. The van der Waals surface area contributed by atoms with Gasteiger partial charge >= 0.3 is 0 Å². The molecule has 241 valence electrons. The molecule has 0 saturated heterocycles. The van der Waals surface area contributed by atoms with E-state index < -0.39 is 6.85 Å². The van der Waals surface area contributed by atoms with Crippen molar-refractivity contribution >= 4 is 33.1 Å². The first kappa shape index (κ1) is 29.3. The fourth-order valence-electron chi connectivity index (χ4n) is 6.02. The second-order valence-corrected chi connectivity index (χ2v) is 12.1. The van der Waals surface area contributed by atoms with Crippen LogP contribution < -0.4 is 0 Å². The van der Waals surface area contributed by atoms with Crippen molar-refractivity contribution in [2.45, 2.75) is 46.4 Å². The summed E-state index contributed by atoms with van der Waals surface area (Å²) in [5, 5.41) is 2.16. The van der Waals surface area contributed by atoms with Gasteiger partial charge in [-0.3, -0.25) is 4.98 Å². The molecule has 6 heteroatoms. The van der Waals surface area contributed by atoms with Gasteiger partial charge in [0.1, 0.15) is 5.58 Å². The Labute approximate surface area is 299 Å². The first-order valence-electron chi connectivity index (χ1n) is 17.3. The number of hydrogen-bond acceptors (Lipinski definition) is 4. The molecular formula is C42H36IrN4O-2. The largest absolute Gasteiger partial charge is 0.501 e. The van der Waals surface area contributed by atoms with E-state index in [2.05, 4.69) is 79.7 Å². The molecule has 0 saturated carbocycles. The molecule has 4 aromatic heterocycles. The Morgan fingerprint density at radius 3 is 2.25 bits per heavy atom. The van der Waals surface area contributed by atoms with Gasteiger partial charge in [0, 0.05) is 47.7 Å². The molecule has 48 heavy (non-hydrogen) atoms. The number of imidazole rings is 1.